The van der Waals surface area contributed by atoms with Crippen LogP contribution in [0, 0.1) is 6.92 Å². The number of fused-ring (bicyclic) bond motifs is 2. The SMILES string of the molecule is C=CC(=O)N1CCN(c2nc(OCC3CCCN3C)nc3c2COC(c2c(C)ccc4[nH]ncc24)C3)CC1. The van der Waals surface area contributed by atoms with Crippen LogP contribution in [0.5, 0.6) is 6.01 Å². The molecule has 0 aliphatic carbocycles. The summed E-state index contributed by atoms with van der Waals surface area (Å²) in [5.74, 6) is 0.821. The van der Waals surface area contributed by atoms with Gasteiger partial charge in [-0.1, -0.05) is 12.6 Å². The molecular weight excluding hydrogens is 482 g/mol. The lowest BCUT2D eigenvalue weighted by atomic mass is 9.93. The Morgan fingerprint density at radius 1 is 1.24 bits per heavy atom. The minimum atomic E-state index is -0.137. The number of benzene rings is 1. The van der Waals surface area contributed by atoms with Crippen molar-refractivity contribution in [2.45, 2.75) is 44.9 Å². The van der Waals surface area contributed by atoms with Crippen molar-refractivity contribution in [1.29, 1.82) is 0 Å². The number of hydrogen-bond donors (Lipinski definition) is 1. The summed E-state index contributed by atoms with van der Waals surface area (Å²) in [5.41, 5.74) is 5.29. The maximum absolute atomic E-state index is 12.1. The van der Waals surface area contributed by atoms with Crippen molar-refractivity contribution in [3.8, 4) is 6.01 Å². The Bertz CT molecular complexity index is 1350. The summed E-state index contributed by atoms with van der Waals surface area (Å²) in [6.07, 6.45) is 6.06. The van der Waals surface area contributed by atoms with Crippen LogP contribution in [-0.4, -0.2) is 88.3 Å². The molecule has 10 heteroatoms. The largest absolute Gasteiger partial charge is 0.462 e. The fraction of sp³-hybridized carbons (Fsp3) is 0.500. The summed E-state index contributed by atoms with van der Waals surface area (Å²) in [6, 6.07) is 4.96. The molecule has 0 spiro atoms. The average Bonchev–Trinajstić information content (AvgIpc) is 3.59. The van der Waals surface area contributed by atoms with E-state index in [0.29, 0.717) is 57.9 Å². The van der Waals surface area contributed by atoms with Crippen LogP contribution >= 0.6 is 0 Å². The quantitative estimate of drug-likeness (QED) is 0.499. The van der Waals surface area contributed by atoms with E-state index in [4.69, 9.17) is 19.4 Å². The number of likely N-dealkylation sites (N-methyl/N-ethyl adjacent to an activating group) is 1. The number of rotatable bonds is 6. The first-order chi connectivity index (χ1) is 18.5. The van der Waals surface area contributed by atoms with Crippen molar-refractivity contribution >= 4 is 22.6 Å². The van der Waals surface area contributed by atoms with Gasteiger partial charge in [0.1, 0.15) is 12.4 Å². The number of aryl methyl sites for hydroxylation is 1. The molecule has 3 aliphatic rings. The van der Waals surface area contributed by atoms with E-state index >= 15 is 0 Å². The third kappa shape index (κ3) is 4.63. The van der Waals surface area contributed by atoms with Crippen LogP contribution in [0.2, 0.25) is 0 Å². The van der Waals surface area contributed by atoms with E-state index in [0.717, 1.165) is 46.5 Å². The average molecular weight is 518 g/mol. The highest BCUT2D eigenvalue weighted by atomic mass is 16.5. The molecule has 0 radical (unpaired) electrons. The summed E-state index contributed by atoms with van der Waals surface area (Å²) >= 11 is 0. The number of carbonyl (C=O) groups excluding carboxylic acids is 1. The monoisotopic (exact) mass is 517 g/mol. The van der Waals surface area contributed by atoms with E-state index in [-0.39, 0.29) is 12.0 Å². The number of amides is 1. The van der Waals surface area contributed by atoms with Gasteiger partial charge in [0.25, 0.3) is 0 Å². The molecule has 38 heavy (non-hydrogen) atoms. The summed E-state index contributed by atoms with van der Waals surface area (Å²) in [5, 5.41) is 8.41. The summed E-state index contributed by atoms with van der Waals surface area (Å²) in [7, 11) is 2.14. The lowest BCUT2D eigenvalue weighted by Crippen LogP contribution is -2.49. The molecule has 6 rings (SSSR count). The first kappa shape index (κ1) is 24.8. The molecule has 1 amide bonds. The van der Waals surface area contributed by atoms with E-state index in [1.54, 1.807) is 0 Å². The van der Waals surface area contributed by atoms with E-state index in [1.807, 2.05) is 11.1 Å². The third-order valence-electron chi connectivity index (χ3n) is 8.21. The summed E-state index contributed by atoms with van der Waals surface area (Å²) in [6.45, 7) is 10.4. The van der Waals surface area contributed by atoms with E-state index < -0.39 is 0 Å². The lowest BCUT2D eigenvalue weighted by Gasteiger charge is -2.37. The predicted molar refractivity (Wildman–Crippen MR) is 144 cm³/mol. The third-order valence-corrected chi connectivity index (χ3v) is 8.21. The van der Waals surface area contributed by atoms with Crippen molar-refractivity contribution < 1.29 is 14.3 Å². The van der Waals surface area contributed by atoms with Gasteiger partial charge in [-0.25, -0.2) is 0 Å². The minimum Gasteiger partial charge on any atom is -0.462 e. The Balaban J connectivity index is 1.31. The molecule has 2 aromatic heterocycles. The van der Waals surface area contributed by atoms with Crippen LogP contribution in [-0.2, 0) is 22.6 Å². The zero-order valence-electron chi connectivity index (χ0n) is 22.2. The lowest BCUT2D eigenvalue weighted by molar-refractivity contribution is -0.126. The molecule has 10 nitrogen and oxygen atoms in total. The standard InChI is InChI=1S/C28H35N7O3/c1-4-25(36)34-10-12-35(13-11-34)27-21-17-37-24(26-18(2)7-8-22-20(26)15-29-32-22)14-23(21)30-28(31-27)38-16-19-6-5-9-33(19)3/h4,7-8,15,19,24H,1,5-6,9-14,16-17H2,2-3H3,(H,29,32). The van der Waals surface area contributed by atoms with E-state index in [9.17, 15) is 4.79 Å². The molecule has 2 saturated heterocycles. The van der Waals surface area contributed by atoms with Gasteiger partial charge in [-0.3, -0.25) is 9.89 Å². The van der Waals surface area contributed by atoms with Crippen molar-refractivity contribution in [3.05, 3.63) is 53.4 Å². The molecule has 2 unspecified atom stereocenters. The molecular formula is C28H35N7O3. The topological polar surface area (TPSA) is 99.7 Å². The number of ether oxygens (including phenoxy) is 2. The second-order valence-corrected chi connectivity index (χ2v) is 10.5. The maximum atomic E-state index is 12.1. The van der Waals surface area contributed by atoms with Crippen LogP contribution in [0.15, 0.2) is 31.0 Å². The van der Waals surface area contributed by atoms with Crippen LogP contribution in [0.1, 0.15) is 41.3 Å². The molecule has 3 aromatic rings. The number of nitrogens with zero attached hydrogens (tertiary/aromatic N) is 6. The van der Waals surface area contributed by atoms with E-state index in [2.05, 4.69) is 52.7 Å². The number of hydrogen-bond acceptors (Lipinski definition) is 8. The number of nitrogens with one attached hydrogen (secondary N) is 1. The van der Waals surface area contributed by atoms with Gasteiger partial charge < -0.3 is 24.2 Å². The number of H-pyrrole nitrogens is 1. The van der Waals surface area contributed by atoms with Crippen LogP contribution in [0.25, 0.3) is 10.9 Å². The normalized spacial score (nSPS) is 22.1. The fourth-order valence-corrected chi connectivity index (χ4v) is 5.95. The molecule has 3 aliphatic heterocycles. The molecule has 200 valence electrons. The highest BCUT2D eigenvalue weighted by Gasteiger charge is 2.32. The molecule has 0 saturated carbocycles. The van der Waals surface area contributed by atoms with Gasteiger partial charge in [-0.2, -0.15) is 15.1 Å². The van der Waals surface area contributed by atoms with Crippen LogP contribution in [0.4, 0.5) is 5.82 Å². The van der Waals surface area contributed by atoms with Gasteiger partial charge in [-0.05, 0) is 56.6 Å². The van der Waals surface area contributed by atoms with Crippen LogP contribution in [0.3, 0.4) is 0 Å². The number of likely N-dealkylation sites (tertiary alicyclic amines) is 1. The zero-order chi connectivity index (χ0) is 26.2. The predicted octanol–water partition coefficient (Wildman–Crippen LogP) is 2.78. The Hall–Kier alpha value is -3.50. The van der Waals surface area contributed by atoms with E-state index in [1.165, 1.54) is 18.1 Å². The summed E-state index contributed by atoms with van der Waals surface area (Å²) < 4.78 is 12.7. The van der Waals surface area contributed by atoms with Crippen molar-refractivity contribution in [2.24, 2.45) is 0 Å². The second-order valence-electron chi connectivity index (χ2n) is 10.5. The highest BCUT2D eigenvalue weighted by Crippen LogP contribution is 2.38. The Morgan fingerprint density at radius 3 is 2.84 bits per heavy atom. The molecule has 2 atom stereocenters. The van der Waals surface area contributed by atoms with Crippen LogP contribution < -0.4 is 9.64 Å². The molecule has 1 aromatic carbocycles. The van der Waals surface area contributed by atoms with Gasteiger partial charge in [-0.15, -0.1) is 0 Å². The number of anilines is 1. The molecule has 0 bridgehead atoms. The number of carbonyl (C=O) groups is 1. The Kier molecular flexibility index (Phi) is 6.75. The van der Waals surface area contributed by atoms with Gasteiger partial charge in [0.05, 0.1) is 30.1 Å². The smallest absolute Gasteiger partial charge is 0.318 e. The first-order valence-corrected chi connectivity index (χ1v) is 13.4. The number of piperazine rings is 1. The Morgan fingerprint density at radius 2 is 2.08 bits per heavy atom. The van der Waals surface area contributed by atoms with Crippen molar-refractivity contribution in [3.63, 3.8) is 0 Å². The van der Waals surface area contributed by atoms with Crippen molar-refractivity contribution in [2.75, 3.05) is 51.3 Å². The van der Waals surface area contributed by atoms with Gasteiger partial charge in [0.2, 0.25) is 5.91 Å². The molecule has 1 N–H and O–H groups in total. The summed E-state index contributed by atoms with van der Waals surface area (Å²) in [4.78, 5) is 28.3. The van der Waals surface area contributed by atoms with Gasteiger partial charge in [0, 0.05) is 49.6 Å². The highest BCUT2D eigenvalue weighted by molar-refractivity contribution is 5.87. The molecule has 2 fully saturated rings. The van der Waals surface area contributed by atoms with Crippen molar-refractivity contribution in [1.82, 2.24) is 30.0 Å². The van der Waals surface area contributed by atoms with Gasteiger partial charge >= 0.3 is 6.01 Å². The minimum absolute atomic E-state index is 0.0333. The zero-order valence-corrected chi connectivity index (χ0v) is 22.2. The maximum Gasteiger partial charge on any atom is 0.318 e. The van der Waals surface area contributed by atoms with Gasteiger partial charge in [0.15, 0.2) is 0 Å². The Labute approximate surface area is 222 Å². The first-order valence-electron chi connectivity index (χ1n) is 13.4. The second kappa shape index (κ2) is 10.3. The number of aromatic amines is 1. The fourth-order valence-electron chi connectivity index (χ4n) is 5.95. The molecule has 5 heterocycles. The number of aromatic nitrogens is 4.